The Morgan fingerprint density at radius 1 is 1.35 bits per heavy atom. The fraction of sp³-hybridized carbons (Fsp3) is 0.357. The number of hydrogen-bond acceptors (Lipinski definition) is 3. The number of aliphatic carboxylic acids is 1. The Kier molecular flexibility index (Phi) is 3.14. The molecule has 6 nitrogen and oxygen atoms in total. The van der Waals surface area contributed by atoms with E-state index in [0.29, 0.717) is 19.5 Å². The third-order valence-electron chi connectivity index (χ3n) is 3.72. The van der Waals surface area contributed by atoms with Crippen LogP contribution in [0, 0.1) is 5.92 Å². The number of aromatic nitrogens is 2. The summed E-state index contributed by atoms with van der Waals surface area (Å²) in [5, 5.41) is 8.96. The quantitative estimate of drug-likeness (QED) is 0.904. The fourth-order valence-corrected chi connectivity index (χ4v) is 2.57. The molecule has 1 aliphatic heterocycles. The first kappa shape index (κ1) is 12.7. The Bertz CT molecular complexity index is 664. The molecule has 2 heterocycles. The van der Waals surface area contributed by atoms with Crippen molar-refractivity contribution in [3.63, 3.8) is 0 Å². The van der Waals surface area contributed by atoms with Gasteiger partial charge >= 0.3 is 5.97 Å². The molecular weight excluding hydrogens is 258 g/mol. The van der Waals surface area contributed by atoms with Gasteiger partial charge in [0.15, 0.2) is 0 Å². The molecule has 1 unspecified atom stereocenters. The summed E-state index contributed by atoms with van der Waals surface area (Å²) in [5.74, 6) is -1.32. The van der Waals surface area contributed by atoms with E-state index in [4.69, 9.17) is 5.11 Å². The number of benzene rings is 1. The van der Waals surface area contributed by atoms with Crippen LogP contribution < -0.4 is 0 Å². The second-order valence-corrected chi connectivity index (χ2v) is 5.02. The van der Waals surface area contributed by atoms with Crippen LogP contribution >= 0.6 is 0 Å². The van der Waals surface area contributed by atoms with Crippen LogP contribution in [0.15, 0.2) is 30.6 Å². The molecule has 0 bridgehead atoms. The fourth-order valence-electron chi connectivity index (χ4n) is 2.57. The molecule has 1 atom stereocenters. The number of hydrogen-bond donors (Lipinski definition) is 1. The van der Waals surface area contributed by atoms with Crippen LogP contribution in [0.2, 0.25) is 0 Å². The molecular formula is C14H15N3O3. The van der Waals surface area contributed by atoms with Crippen molar-refractivity contribution in [2.24, 2.45) is 5.92 Å². The van der Waals surface area contributed by atoms with Gasteiger partial charge in [-0.3, -0.25) is 9.59 Å². The minimum Gasteiger partial charge on any atom is -0.481 e. The summed E-state index contributed by atoms with van der Waals surface area (Å²) in [6.45, 7) is 1.02. The SMILES string of the molecule is O=C(O)C1CCN(C(=O)Cn2cnc3ccccc32)C1. The number of likely N-dealkylation sites (tertiary alicyclic amines) is 1. The monoisotopic (exact) mass is 273 g/mol. The number of carboxylic acids is 1. The molecule has 1 aromatic heterocycles. The first-order valence-corrected chi connectivity index (χ1v) is 6.55. The van der Waals surface area contributed by atoms with Gasteiger partial charge in [-0.05, 0) is 18.6 Å². The lowest BCUT2D eigenvalue weighted by molar-refractivity contribution is -0.141. The van der Waals surface area contributed by atoms with Crippen LogP contribution in [0.5, 0.6) is 0 Å². The van der Waals surface area contributed by atoms with Gasteiger partial charge in [-0.2, -0.15) is 0 Å². The number of carbonyl (C=O) groups is 2. The topological polar surface area (TPSA) is 75.4 Å². The van der Waals surface area contributed by atoms with Gasteiger partial charge in [-0.25, -0.2) is 4.98 Å². The second-order valence-electron chi connectivity index (χ2n) is 5.02. The molecule has 2 aromatic rings. The van der Waals surface area contributed by atoms with Crippen molar-refractivity contribution in [1.82, 2.24) is 14.5 Å². The average molecular weight is 273 g/mol. The van der Waals surface area contributed by atoms with E-state index in [2.05, 4.69) is 4.98 Å². The zero-order chi connectivity index (χ0) is 14.1. The maximum atomic E-state index is 12.2. The van der Waals surface area contributed by atoms with E-state index in [-0.39, 0.29) is 12.5 Å². The van der Waals surface area contributed by atoms with Crippen LogP contribution in [0.25, 0.3) is 11.0 Å². The summed E-state index contributed by atoms with van der Waals surface area (Å²) < 4.78 is 1.80. The number of imidazole rings is 1. The van der Waals surface area contributed by atoms with Crippen molar-refractivity contribution in [2.45, 2.75) is 13.0 Å². The largest absolute Gasteiger partial charge is 0.481 e. The summed E-state index contributed by atoms with van der Waals surface area (Å²) in [6.07, 6.45) is 2.18. The summed E-state index contributed by atoms with van der Waals surface area (Å²) in [4.78, 5) is 29.0. The first-order chi connectivity index (χ1) is 9.65. The highest BCUT2D eigenvalue weighted by atomic mass is 16.4. The van der Waals surface area contributed by atoms with Crippen molar-refractivity contribution < 1.29 is 14.7 Å². The molecule has 1 aromatic carbocycles. The van der Waals surface area contributed by atoms with Crippen molar-refractivity contribution in [2.75, 3.05) is 13.1 Å². The number of carbonyl (C=O) groups excluding carboxylic acids is 1. The molecule has 1 aliphatic rings. The molecule has 0 radical (unpaired) electrons. The number of rotatable bonds is 3. The third kappa shape index (κ3) is 2.24. The Morgan fingerprint density at radius 3 is 2.90 bits per heavy atom. The summed E-state index contributed by atoms with van der Waals surface area (Å²) in [5.41, 5.74) is 1.76. The van der Waals surface area contributed by atoms with Gasteiger partial charge in [0, 0.05) is 13.1 Å². The van der Waals surface area contributed by atoms with E-state index in [9.17, 15) is 9.59 Å². The molecule has 0 spiro atoms. The van der Waals surface area contributed by atoms with Crippen LogP contribution in [0.1, 0.15) is 6.42 Å². The zero-order valence-corrected chi connectivity index (χ0v) is 10.9. The van der Waals surface area contributed by atoms with E-state index in [1.165, 1.54) is 0 Å². The van der Waals surface area contributed by atoms with Crippen LogP contribution in [-0.4, -0.2) is 44.5 Å². The Balaban J connectivity index is 1.72. The van der Waals surface area contributed by atoms with Gasteiger partial charge in [-0.15, -0.1) is 0 Å². The standard InChI is InChI=1S/C14H15N3O3/c18-13(16-6-5-10(7-16)14(19)20)8-17-9-15-11-3-1-2-4-12(11)17/h1-4,9-10H,5-8H2,(H,19,20). The summed E-state index contributed by atoms with van der Waals surface area (Å²) >= 11 is 0. The van der Waals surface area contributed by atoms with Gasteiger partial charge in [0.05, 0.1) is 23.3 Å². The normalized spacial score (nSPS) is 18.6. The summed E-state index contributed by atoms with van der Waals surface area (Å²) in [7, 11) is 0. The highest BCUT2D eigenvalue weighted by Crippen LogP contribution is 2.18. The zero-order valence-electron chi connectivity index (χ0n) is 10.9. The Hall–Kier alpha value is -2.37. The number of amides is 1. The summed E-state index contributed by atoms with van der Waals surface area (Å²) in [6, 6.07) is 7.62. The van der Waals surface area contributed by atoms with Gasteiger partial charge in [0.2, 0.25) is 5.91 Å². The molecule has 1 saturated heterocycles. The van der Waals surface area contributed by atoms with Crippen molar-refractivity contribution in [1.29, 1.82) is 0 Å². The maximum absolute atomic E-state index is 12.2. The highest BCUT2D eigenvalue weighted by molar-refractivity contribution is 5.81. The van der Waals surface area contributed by atoms with E-state index in [0.717, 1.165) is 11.0 Å². The number of carboxylic acid groups (broad SMARTS) is 1. The molecule has 1 fully saturated rings. The molecule has 6 heteroatoms. The van der Waals surface area contributed by atoms with Gasteiger partial charge in [-0.1, -0.05) is 12.1 Å². The van der Waals surface area contributed by atoms with Gasteiger partial charge in [0.1, 0.15) is 6.54 Å². The highest BCUT2D eigenvalue weighted by Gasteiger charge is 2.30. The molecule has 1 N–H and O–H groups in total. The molecule has 0 saturated carbocycles. The van der Waals surface area contributed by atoms with E-state index in [1.54, 1.807) is 15.8 Å². The average Bonchev–Trinajstić information content (AvgIpc) is 3.06. The van der Waals surface area contributed by atoms with Gasteiger partial charge in [0.25, 0.3) is 0 Å². The lowest BCUT2D eigenvalue weighted by Crippen LogP contribution is -2.32. The minimum atomic E-state index is -0.826. The van der Waals surface area contributed by atoms with Crippen molar-refractivity contribution in [3.8, 4) is 0 Å². The van der Waals surface area contributed by atoms with E-state index < -0.39 is 11.9 Å². The molecule has 20 heavy (non-hydrogen) atoms. The first-order valence-electron chi connectivity index (χ1n) is 6.55. The predicted molar refractivity (Wildman–Crippen MR) is 72.1 cm³/mol. The van der Waals surface area contributed by atoms with Crippen molar-refractivity contribution >= 4 is 22.9 Å². The third-order valence-corrected chi connectivity index (χ3v) is 3.72. The second kappa shape index (κ2) is 4.96. The van der Waals surface area contributed by atoms with Crippen LogP contribution in [0.4, 0.5) is 0 Å². The molecule has 1 amide bonds. The van der Waals surface area contributed by atoms with Crippen LogP contribution in [-0.2, 0) is 16.1 Å². The molecule has 0 aliphatic carbocycles. The van der Waals surface area contributed by atoms with Crippen LogP contribution in [0.3, 0.4) is 0 Å². The number of para-hydroxylation sites is 2. The number of fused-ring (bicyclic) bond motifs is 1. The molecule has 3 rings (SSSR count). The number of nitrogens with zero attached hydrogens (tertiary/aromatic N) is 3. The lowest BCUT2D eigenvalue weighted by Gasteiger charge is -2.16. The predicted octanol–water partition coefficient (Wildman–Crippen LogP) is 0.969. The lowest BCUT2D eigenvalue weighted by atomic mass is 10.1. The van der Waals surface area contributed by atoms with Gasteiger partial charge < -0.3 is 14.6 Å². The maximum Gasteiger partial charge on any atom is 0.308 e. The Labute approximate surface area is 115 Å². The Morgan fingerprint density at radius 2 is 2.15 bits per heavy atom. The van der Waals surface area contributed by atoms with E-state index >= 15 is 0 Å². The van der Waals surface area contributed by atoms with Crippen molar-refractivity contribution in [3.05, 3.63) is 30.6 Å². The molecule has 104 valence electrons. The smallest absolute Gasteiger partial charge is 0.308 e. The van der Waals surface area contributed by atoms with E-state index in [1.807, 2.05) is 24.3 Å². The minimum absolute atomic E-state index is 0.0584.